The van der Waals surface area contributed by atoms with Gasteiger partial charge in [0.2, 0.25) is 0 Å². The minimum absolute atomic E-state index is 0.377. The van der Waals surface area contributed by atoms with E-state index >= 15 is 0 Å². The van der Waals surface area contributed by atoms with Crippen LogP contribution in [-0.2, 0) is 4.79 Å². The molecular weight excluding hydrogens is 220 g/mol. The van der Waals surface area contributed by atoms with E-state index in [2.05, 4.69) is 31.2 Å². The summed E-state index contributed by atoms with van der Waals surface area (Å²) in [6.07, 6.45) is 2.51. The molecule has 0 aromatic heterocycles. The Morgan fingerprint density at radius 3 is 2.50 bits per heavy atom. The van der Waals surface area contributed by atoms with Crippen molar-refractivity contribution in [3.63, 3.8) is 0 Å². The van der Waals surface area contributed by atoms with Crippen LogP contribution in [0.1, 0.15) is 24.8 Å². The average Bonchev–Trinajstić information content (AvgIpc) is 3.02. The SMILES string of the molecule is Cc1ccc(SCCC2(C(=O)O)CC2)cc1. The Hall–Kier alpha value is -0.960. The highest BCUT2D eigenvalue weighted by Crippen LogP contribution is 2.49. The Morgan fingerprint density at radius 1 is 1.38 bits per heavy atom. The first-order chi connectivity index (χ1) is 7.62. The van der Waals surface area contributed by atoms with Crippen LogP contribution < -0.4 is 0 Å². The maximum absolute atomic E-state index is 11.0. The predicted molar refractivity (Wildman–Crippen MR) is 65.8 cm³/mol. The molecule has 3 heteroatoms. The highest BCUT2D eigenvalue weighted by atomic mass is 32.2. The van der Waals surface area contributed by atoms with E-state index in [9.17, 15) is 4.79 Å². The van der Waals surface area contributed by atoms with E-state index in [0.717, 1.165) is 25.0 Å². The van der Waals surface area contributed by atoms with E-state index in [1.54, 1.807) is 11.8 Å². The molecule has 1 aliphatic rings. The predicted octanol–water partition coefficient (Wildman–Crippen LogP) is 3.34. The molecule has 1 aliphatic carbocycles. The lowest BCUT2D eigenvalue weighted by atomic mass is 10.1. The zero-order valence-corrected chi connectivity index (χ0v) is 10.2. The van der Waals surface area contributed by atoms with Gasteiger partial charge in [0.15, 0.2) is 0 Å². The van der Waals surface area contributed by atoms with Gasteiger partial charge in [-0.1, -0.05) is 17.7 Å². The fourth-order valence-corrected chi connectivity index (χ4v) is 2.78. The van der Waals surface area contributed by atoms with Crippen molar-refractivity contribution in [3.05, 3.63) is 29.8 Å². The first kappa shape index (κ1) is 11.5. The molecule has 1 aromatic rings. The zero-order valence-electron chi connectivity index (χ0n) is 9.40. The van der Waals surface area contributed by atoms with Gasteiger partial charge in [0, 0.05) is 4.90 Å². The molecule has 86 valence electrons. The first-order valence-corrected chi connectivity index (χ1v) is 6.54. The second-order valence-electron chi connectivity index (χ2n) is 4.50. The number of aryl methyl sites for hydroxylation is 1. The molecule has 2 nitrogen and oxygen atoms in total. The van der Waals surface area contributed by atoms with Gasteiger partial charge in [-0.25, -0.2) is 0 Å². The lowest BCUT2D eigenvalue weighted by Gasteiger charge is -2.08. The van der Waals surface area contributed by atoms with Crippen molar-refractivity contribution in [2.24, 2.45) is 5.41 Å². The molecule has 0 atom stereocenters. The third-order valence-corrected chi connectivity index (χ3v) is 4.19. The van der Waals surface area contributed by atoms with Crippen LogP contribution in [0.3, 0.4) is 0 Å². The molecule has 1 aromatic carbocycles. The summed E-state index contributed by atoms with van der Waals surface area (Å²) < 4.78 is 0. The number of aliphatic carboxylic acids is 1. The van der Waals surface area contributed by atoms with Gasteiger partial charge in [0.05, 0.1) is 5.41 Å². The fraction of sp³-hybridized carbons (Fsp3) is 0.462. The lowest BCUT2D eigenvalue weighted by Crippen LogP contribution is -2.15. The summed E-state index contributed by atoms with van der Waals surface area (Å²) >= 11 is 1.75. The quantitative estimate of drug-likeness (QED) is 0.797. The van der Waals surface area contributed by atoms with Gasteiger partial charge >= 0.3 is 5.97 Å². The molecule has 16 heavy (non-hydrogen) atoms. The smallest absolute Gasteiger partial charge is 0.309 e. The molecule has 1 saturated carbocycles. The van der Waals surface area contributed by atoms with E-state index in [1.165, 1.54) is 10.5 Å². The van der Waals surface area contributed by atoms with E-state index in [0.29, 0.717) is 0 Å². The van der Waals surface area contributed by atoms with Gasteiger partial charge in [-0.15, -0.1) is 11.8 Å². The van der Waals surface area contributed by atoms with Gasteiger partial charge < -0.3 is 5.11 Å². The van der Waals surface area contributed by atoms with Crippen molar-refractivity contribution < 1.29 is 9.90 Å². The monoisotopic (exact) mass is 236 g/mol. The molecule has 0 heterocycles. The lowest BCUT2D eigenvalue weighted by molar-refractivity contribution is -0.143. The molecule has 0 radical (unpaired) electrons. The van der Waals surface area contributed by atoms with Crippen molar-refractivity contribution in [2.45, 2.75) is 31.1 Å². The largest absolute Gasteiger partial charge is 0.481 e. The van der Waals surface area contributed by atoms with Gasteiger partial charge in [0.25, 0.3) is 0 Å². The Kier molecular flexibility index (Phi) is 3.24. The maximum Gasteiger partial charge on any atom is 0.309 e. The summed E-state index contributed by atoms with van der Waals surface area (Å²) in [5.41, 5.74) is 0.881. The highest BCUT2D eigenvalue weighted by molar-refractivity contribution is 7.99. The molecule has 0 aliphatic heterocycles. The van der Waals surface area contributed by atoms with Crippen LogP contribution in [-0.4, -0.2) is 16.8 Å². The Labute approximate surface area is 100 Å². The van der Waals surface area contributed by atoms with Gasteiger partial charge in [-0.3, -0.25) is 4.79 Å². The van der Waals surface area contributed by atoms with Gasteiger partial charge in [-0.2, -0.15) is 0 Å². The summed E-state index contributed by atoms with van der Waals surface area (Å²) in [5.74, 6) is 0.284. The maximum atomic E-state index is 11.0. The van der Waals surface area contributed by atoms with Crippen LogP contribution in [0.5, 0.6) is 0 Å². The number of hydrogen-bond acceptors (Lipinski definition) is 2. The van der Waals surface area contributed by atoms with Crippen LogP contribution in [0.15, 0.2) is 29.2 Å². The minimum atomic E-state index is -0.614. The molecule has 1 N–H and O–H groups in total. The molecule has 2 rings (SSSR count). The van der Waals surface area contributed by atoms with Crippen LogP contribution >= 0.6 is 11.8 Å². The standard InChI is InChI=1S/C13H16O2S/c1-10-2-4-11(5-3-10)16-9-8-13(6-7-13)12(14)15/h2-5H,6-9H2,1H3,(H,14,15). The number of thioether (sulfide) groups is 1. The number of carboxylic acid groups (broad SMARTS) is 1. The van der Waals surface area contributed by atoms with E-state index < -0.39 is 5.97 Å². The zero-order chi connectivity index (χ0) is 11.6. The summed E-state index contributed by atoms with van der Waals surface area (Å²) in [4.78, 5) is 12.2. The molecule has 0 spiro atoms. The van der Waals surface area contributed by atoms with E-state index in [-0.39, 0.29) is 5.41 Å². The average molecular weight is 236 g/mol. The Bertz CT molecular complexity index is 379. The van der Waals surface area contributed by atoms with Crippen molar-refractivity contribution >= 4 is 17.7 Å². The van der Waals surface area contributed by atoms with Crippen molar-refractivity contribution in [3.8, 4) is 0 Å². The van der Waals surface area contributed by atoms with E-state index in [4.69, 9.17) is 5.11 Å². The Morgan fingerprint density at radius 2 is 2.00 bits per heavy atom. The second-order valence-corrected chi connectivity index (χ2v) is 5.67. The van der Waals surface area contributed by atoms with Crippen LogP contribution in [0.4, 0.5) is 0 Å². The van der Waals surface area contributed by atoms with Crippen LogP contribution in [0.2, 0.25) is 0 Å². The second kappa shape index (κ2) is 4.50. The fourth-order valence-electron chi connectivity index (χ4n) is 1.72. The molecule has 1 fully saturated rings. The summed E-state index contributed by atoms with van der Waals surface area (Å²) in [6, 6.07) is 8.37. The number of hydrogen-bond donors (Lipinski definition) is 1. The topological polar surface area (TPSA) is 37.3 Å². The third kappa shape index (κ3) is 2.59. The van der Waals surface area contributed by atoms with Gasteiger partial charge in [0.1, 0.15) is 0 Å². The summed E-state index contributed by atoms with van der Waals surface area (Å²) in [5, 5.41) is 9.03. The van der Waals surface area contributed by atoms with Crippen LogP contribution in [0, 0.1) is 12.3 Å². The summed E-state index contributed by atoms with van der Waals surface area (Å²) in [6.45, 7) is 2.07. The van der Waals surface area contributed by atoms with E-state index in [1.807, 2.05) is 0 Å². The number of rotatable bonds is 5. The summed E-state index contributed by atoms with van der Waals surface area (Å²) in [7, 11) is 0. The van der Waals surface area contributed by atoms with Crippen molar-refractivity contribution in [2.75, 3.05) is 5.75 Å². The van der Waals surface area contributed by atoms with Crippen molar-refractivity contribution in [1.82, 2.24) is 0 Å². The first-order valence-electron chi connectivity index (χ1n) is 5.55. The number of carboxylic acids is 1. The minimum Gasteiger partial charge on any atom is -0.481 e. The molecule has 0 unspecified atom stereocenters. The Balaban J connectivity index is 1.80. The molecule has 0 amide bonds. The third-order valence-electron chi connectivity index (χ3n) is 3.18. The number of carbonyl (C=O) groups is 1. The number of benzene rings is 1. The van der Waals surface area contributed by atoms with Gasteiger partial charge in [-0.05, 0) is 44.1 Å². The molecular formula is C13H16O2S. The van der Waals surface area contributed by atoms with Crippen molar-refractivity contribution in [1.29, 1.82) is 0 Å². The normalized spacial score (nSPS) is 17.1. The van der Waals surface area contributed by atoms with Crippen LogP contribution in [0.25, 0.3) is 0 Å². The molecule has 0 bridgehead atoms. The highest BCUT2D eigenvalue weighted by Gasteiger charge is 2.49. The molecule has 0 saturated heterocycles.